The average molecular weight is 270 g/mol. The van der Waals surface area contributed by atoms with Crippen LogP contribution in [-0.2, 0) is 4.43 Å². The Labute approximate surface area is 106 Å². The molecule has 1 aromatic heterocycles. The van der Waals surface area contributed by atoms with Crippen LogP contribution < -0.4 is 0 Å². The molecule has 1 rings (SSSR count). The number of hydrogen-bond donors (Lipinski definition) is 2. The van der Waals surface area contributed by atoms with Gasteiger partial charge in [0.1, 0.15) is 5.69 Å². The Bertz CT molecular complexity index is 432. The first-order chi connectivity index (χ1) is 8.48. The first-order valence-corrected chi connectivity index (χ1v) is 8.53. The fraction of sp³-hybridized carbons (Fsp3) is 0.545. The van der Waals surface area contributed by atoms with E-state index in [1.165, 1.54) is 6.07 Å². The number of carbonyl (C=O) groups is 2. The predicted molar refractivity (Wildman–Crippen MR) is 68.2 cm³/mol. The highest BCUT2D eigenvalue weighted by Crippen LogP contribution is 2.22. The van der Waals surface area contributed by atoms with E-state index in [0.717, 1.165) is 18.1 Å². The molecule has 1 heterocycles. The zero-order valence-corrected chi connectivity index (χ0v) is 11.8. The summed E-state index contributed by atoms with van der Waals surface area (Å²) in [6, 6.07) is 3.76. The van der Waals surface area contributed by atoms with Gasteiger partial charge in [0.25, 0.3) is 8.32 Å². The molecule has 0 aliphatic heterocycles. The van der Waals surface area contributed by atoms with E-state index >= 15 is 0 Å². The standard InChI is InChI=1S/C11H18N2O4Si/c1-4-18(5-2,6-3)17-11(16)9-7-8(10(14)15)12-13-9/h7H,4-6H2,1-3H3,(H,12,13)(H,14,15). The Hall–Kier alpha value is -1.63. The van der Waals surface area contributed by atoms with Crippen molar-refractivity contribution in [1.82, 2.24) is 10.2 Å². The molecule has 0 aliphatic rings. The molecule has 0 amide bonds. The van der Waals surface area contributed by atoms with E-state index in [-0.39, 0.29) is 11.4 Å². The lowest BCUT2D eigenvalue weighted by molar-refractivity contribution is 0.0688. The molecule has 0 saturated carbocycles. The van der Waals surface area contributed by atoms with E-state index < -0.39 is 20.3 Å². The van der Waals surface area contributed by atoms with Gasteiger partial charge in [0.05, 0.1) is 0 Å². The van der Waals surface area contributed by atoms with Crippen LogP contribution in [-0.4, -0.2) is 35.6 Å². The molecular weight excluding hydrogens is 252 g/mol. The van der Waals surface area contributed by atoms with Gasteiger partial charge >= 0.3 is 11.9 Å². The molecule has 6 nitrogen and oxygen atoms in total. The molecule has 0 atom stereocenters. The summed E-state index contributed by atoms with van der Waals surface area (Å²) >= 11 is 0. The van der Waals surface area contributed by atoms with Crippen molar-refractivity contribution in [3.8, 4) is 0 Å². The third kappa shape index (κ3) is 2.98. The van der Waals surface area contributed by atoms with Crippen LogP contribution in [0, 0.1) is 0 Å². The molecule has 0 saturated heterocycles. The Morgan fingerprint density at radius 3 is 2.28 bits per heavy atom. The number of carbonyl (C=O) groups excluding carboxylic acids is 1. The Kier molecular flexibility index (Phi) is 4.66. The van der Waals surface area contributed by atoms with Crippen molar-refractivity contribution < 1.29 is 19.1 Å². The zero-order valence-electron chi connectivity index (χ0n) is 10.8. The SMILES string of the molecule is CC[Si](CC)(CC)OC(=O)c1cc(C(=O)O)n[nH]1. The van der Waals surface area contributed by atoms with Crippen LogP contribution in [0.5, 0.6) is 0 Å². The summed E-state index contributed by atoms with van der Waals surface area (Å²) in [7, 11) is -2.03. The summed E-state index contributed by atoms with van der Waals surface area (Å²) in [5.74, 6) is -1.68. The molecule has 7 heteroatoms. The summed E-state index contributed by atoms with van der Waals surface area (Å²) in [6.07, 6.45) is 0. The smallest absolute Gasteiger partial charge is 0.356 e. The van der Waals surface area contributed by atoms with Crippen LogP contribution in [0.4, 0.5) is 0 Å². The van der Waals surface area contributed by atoms with Gasteiger partial charge in [-0.3, -0.25) is 5.10 Å². The summed E-state index contributed by atoms with van der Waals surface area (Å²) in [6.45, 7) is 6.05. The van der Waals surface area contributed by atoms with Crippen molar-refractivity contribution in [2.24, 2.45) is 0 Å². The molecule has 1 aromatic rings. The molecule has 0 fully saturated rings. The van der Waals surface area contributed by atoms with E-state index in [1.807, 2.05) is 20.8 Å². The highest BCUT2D eigenvalue weighted by Gasteiger charge is 2.33. The van der Waals surface area contributed by atoms with Crippen LogP contribution in [0.25, 0.3) is 0 Å². The summed E-state index contributed by atoms with van der Waals surface area (Å²) in [5.41, 5.74) is -0.0849. The van der Waals surface area contributed by atoms with Gasteiger partial charge < -0.3 is 9.53 Å². The Balaban J connectivity index is 2.84. The topological polar surface area (TPSA) is 92.3 Å². The van der Waals surface area contributed by atoms with E-state index in [2.05, 4.69) is 10.2 Å². The van der Waals surface area contributed by atoms with Gasteiger partial charge in [-0.1, -0.05) is 20.8 Å². The Morgan fingerprint density at radius 2 is 1.89 bits per heavy atom. The predicted octanol–water partition coefficient (Wildman–Crippen LogP) is 2.27. The number of aromatic carboxylic acids is 1. The highest BCUT2D eigenvalue weighted by atomic mass is 28.4. The zero-order chi connectivity index (χ0) is 13.8. The van der Waals surface area contributed by atoms with Crippen molar-refractivity contribution in [3.63, 3.8) is 0 Å². The van der Waals surface area contributed by atoms with Gasteiger partial charge in [0, 0.05) is 6.07 Å². The largest absolute Gasteiger partial charge is 0.515 e. The van der Waals surface area contributed by atoms with Gasteiger partial charge in [-0.25, -0.2) is 9.59 Å². The molecule has 0 bridgehead atoms. The van der Waals surface area contributed by atoms with Gasteiger partial charge in [-0.05, 0) is 18.1 Å². The minimum atomic E-state index is -2.03. The normalized spacial score (nSPS) is 11.3. The number of carboxylic acids is 1. The third-order valence-electron chi connectivity index (χ3n) is 3.26. The number of rotatable bonds is 6. The van der Waals surface area contributed by atoms with E-state index in [9.17, 15) is 9.59 Å². The van der Waals surface area contributed by atoms with E-state index in [0.29, 0.717) is 0 Å². The lowest BCUT2D eigenvalue weighted by Crippen LogP contribution is -2.38. The molecule has 0 aromatic carbocycles. The first-order valence-electron chi connectivity index (χ1n) is 6.00. The molecule has 0 radical (unpaired) electrons. The summed E-state index contributed by atoms with van der Waals surface area (Å²) < 4.78 is 5.60. The quantitative estimate of drug-likeness (QED) is 0.773. The number of hydrogen-bond acceptors (Lipinski definition) is 4. The lowest BCUT2D eigenvalue weighted by atomic mass is 10.3. The number of aromatic amines is 1. The second kappa shape index (κ2) is 5.81. The second-order valence-corrected chi connectivity index (χ2v) is 8.80. The monoisotopic (exact) mass is 270 g/mol. The number of carboxylic acid groups (broad SMARTS) is 1. The van der Waals surface area contributed by atoms with Crippen LogP contribution in [0.3, 0.4) is 0 Å². The molecule has 0 aliphatic carbocycles. The van der Waals surface area contributed by atoms with E-state index in [1.54, 1.807) is 0 Å². The van der Waals surface area contributed by atoms with Crippen molar-refractivity contribution >= 4 is 20.3 Å². The minimum Gasteiger partial charge on any atom is -0.515 e. The summed E-state index contributed by atoms with van der Waals surface area (Å²) in [5, 5.41) is 14.7. The molecule has 2 N–H and O–H groups in total. The maximum atomic E-state index is 11.9. The number of H-pyrrole nitrogens is 1. The number of nitrogens with zero attached hydrogens (tertiary/aromatic N) is 1. The lowest BCUT2D eigenvalue weighted by Gasteiger charge is -2.27. The van der Waals surface area contributed by atoms with Gasteiger partial charge in [0.15, 0.2) is 5.69 Å². The van der Waals surface area contributed by atoms with Crippen LogP contribution in [0.2, 0.25) is 18.1 Å². The fourth-order valence-corrected chi connectivity index (χ4v) is 4.19. The molecular formula is C11H18N2O4Si. The second-order valence-electron chi connectivity index (χ2n) is 4.11. The highest BCUT2D eigenvalue weighted by molar-refractivity contribution is 6.75. The molecule has 0 unspecified atom stereocenters. The van der Waals surface area contributed by atoms with Crippen molar-refractivity contribution in [2.75, 3.05) is 0 Å². The first kappa shape index (κ1) is 14.4. The van der Waals surface area contributed by atoms with Gasteiger partial charge in [-0.2, -0.15) is 5.10 Å². The van der Waals surface area contributed by atoms with E-state index in [4.69, 9.17) is 9.53 Å². The van der Waals surface area contributed by atoms with Crippen LogP contribution in [0.15, 0.2) is 6.07 Å². The van der Waals surface area contributed by atoms with Crippen molar-refractivity contribution in [1.29, 1.82) is 0 Å². The maximum Gasteiger partial charge on any atom is 0.356 e. The molecule has 0 spiro atoms. The van der Waals surface area contributed by atoms with Crippen LogP contribution >= 0.6 is 0 Å². The summed E-state index contributed by atoms with van der Waals surface area (Å²) in [4.78, 5) is 22.6. The van der Waals surface area contributed by atoms with Crippen molar-refractivity contribution in [2.45, 2.75) is 38.9 Å². The Morgan fingerprint density at radius 1 is 1.33 bits per heavy atom. The van der Waals surface area contributed by atoms with Crippen molar-refractivity contribution in [3.05, 3.63) is 17.5 Å². The van der Waals surface area contributed by atoms with Gasteiger partial charge in [0.2, 0.25) is 0 Å². The molecule has 18 heavy (non-hydrogen) atoms. The number of aromatic nitrogens is 2. The minimum absolute atomic E-state index is 0.0969. The molecule has 100 valence electrons. The fourth-order valence-electron chi connectivity index (χ4n) is 1.75. The average Bonchev–Trinajstić information content (AvgIpc) is 2.86. The third-order valence-corrected chi connectivity index (χ3v) is 7.74. The number of nitrogens with one attached hydrogen (secondary N) is 1. The van der Waals surface area contributed by atoms with Gasteiger partial charge in [-0.15, -0.1) is 0 Å². The maximum absolute atomic E-state index is 11.9. The van der Waals surface area contributed by atoms with Crippen LogP contribution in [0.1, 0.15) is 41.7 Å².